The van der Waals surface area contributed by atoms with E-state index in [4.69, 9.17) is 0 Å². The third-order valence-electron chi connectivity index (χ3n) is 2.88. The van der Waals surface area contributed by atoms with Gasteiger partial charge in [-0.3, -0.25) is 14.8 Å². The topological polar surface area (TPSA) is 66.9 Å². The first-order valence-corrected chi connectivity index (χ1v) is 6.03. The first-order valence-electron chi connectivity index (χ1n) is 6.03. The summed E-state index contributed by atoms with van der Waals surface area (Å²) in [5.74, 6) is -0.0827. The van der Waals surface area contributed by atoms with Crippen LogP contribution in [0, 0.1) is 6.92 Å². The zero-order valence-electron chi connectivity index (χ0n) is 11.0. The van der Waals surface area contributed by atoms with Gasteiger partial charge in [0, 0.05) is 30.7 Å². The van der Waals surface area contributed by atoms with Gasteiger partial charge >= 0.3 is 0 Å². The van der Waals surface area contributed by atoms with Crippen molar-refractivity contribution in [3.05, 3.63) is 53.6 Å². The smallest absolute Gasteiger partial charge is 0.251 e. The summed E-state index contributed by atoms with van der Waals surface area (Å²) in [4.78, 5) is 19.9. The lowest BCUT2D eigenvalue weighted by atomic mass is 10.1. The number of anilines is 1. The Morgan fingerprint density at radius 1 is 1.32 bits per heavy atom. The molecule has 0 aliphatic heterocycles. The number of aromatic nitrogens is 2. The molecule has 0 bridgehead atoms. The van der Waals surface area contributed by atoms with Crippen LogP contribution in [0.1, 0.15) is 21.6 Å². The zero-order chi connectivity index (χ0) is 13.7. The van der Waals surface area contributed by atoms with Gasteiger partial charge in [-0.05, 0) is 24.6 Å². The highest BCUT2D eigenvalue weighted by Crippen LogP contribution is 2.19. The van der Waals surface area contributed by atoms with Gasteiger partial charge in [0.15, 0.2) is 0 Å². The van der Waals surface area contributed by atoms with Crippen LogP contribution < -0.4 is 10.6 Å². The number of nitrogens with zero attached hydrogens (tertiary/aromatic N) is 2. The summed E-state index contributed by atoms with van der Waals surface area (Å²) in [6, 6.07) is 5.61. The molecule has 2 N–H and O–H groups in total. The number of carbonyl (C=O) groups is 1. The van der Waals surface area contributed by atoms with Crippen LogP contribution in [0.4, 0.5) is 5.69 Å². The summed E-state index contributed by atoms with van der Waals surface area (Å²) in [6.45, 7) is 2.50. The molecule has 0 atom stereocenters. The van der Waals surface area contributed by atoms with Crippen LogP contribution in [0.5, 0.6) is 0 Å². The largest absolute Gasteiger partial charge is 0.379 e. The molecule has 0 saturated heterocycles. The summed E-state index contributed by atoms with van der Waals surface area (Å²) in [7, 11) is 1.63. The number of amides is 1. The Hall–Kier alpha value is -2.43. The van der Waals surface area contributed by atoms with Crippen LogP contribution in [-0.2, 0) is 6.54 Å². The summed E-state index contributed by atoms with van der Waals surface area (Å²) in [6.07, 6.45) is 5.01. The monoisotopic (exact) mass is 256 g/mol. The normalized spacial score (nSPS) is 10.0. The second-order valence-corrected chi connectivity index (χ2v) is 4.11. The van der Waals surface area contributed by atoms with E-state index in [0.717, 1.165) is 16.9 Å². The number of nitrogens with one attached hydrogen (secondary N) is 2. The van der Waals surface area contributed by atoms with E-state index in [9.17, 15) is 4.79 Å². The van der Waals surface area contributed by atoms with E-state index in [2.05, 4.69) is 20.6 Å². The maximum absolute atomic E-state index is 11.7. The van der Waals surface area contributed by atoms with Crippen molar-refractivity contribution in [1.82, 2.24) is 15.3 Å². The Morgan fingerprint density at radius 2 is 2.16 bits per heavy atom. The first-order chi connectivity index (χ1) is 9.22. The molecule has 2 aromatic rings. The zero-order valence-corrected chi connectivity index (χ0v) is 11.0. The number of benzene rings is 1. The molecule has 0 aliphatic carbocycles. The van der Waals surface area contributed by atoms with Crippen molar-refractivity contribution >= 4 is 11.6 Å². The fourth-order valence-electron chi connectivity index (χ4n) is 1.81. The van der Waals surface area contributed by atoms with Crippen LogP contribution in [0.25, 0.3) is 0 Å². The molecule has 0 aliphatic rings. The van der Waals surface area contributed by atoms with Crippen LogP contribution in [0.3, 0.4) is 0 Å². The van der Waals surface area contributed by atoms with Gasteiger partial charge in [0.25, 0.3) is 5.91 Å². The molecule has 0 unspecified atom stereocenters. The van der Waals surface area contributed by atoms with Gasteiger partial charge in [-0.2, -0.15) is 0 Å². The average Bonchev–Trinajstić information content (AvgIpc) is 2.46. The molecule has 0 radical (unpaired) electrons. The molecule has 98 valence electrons. The molecular weight excluding hydrogens is 240 g/mol. The molecule has 5 heteroatoms. The number of hydrogen-bond donors (Lipinski definition) is 2. The van der Waals surface area contributed by atoms with Gasteiger partial charge in [0.05, 0.1) is 18.4 Å². The van der Waals surface area contributed by atoms with Crippen molar-refractivity contribution in [3.63, 3.8) is 0 Å². The van der Waals surface area contributed by atoms with Crippen molar-refractivity contribution in [2.45, 2.75) is 13.5 Å². The molecule has 1 aromatic heterocycles. The summed E-state index contributed by atoms with van der Waals surface area (Å²) in [5, 5.41) is 5.90. The highest BCUT2D eigenvalue weighted by atomic mass is 16.1. The van der Waals surface area contributed by atoms with Gasteiger partial charge in [-0.1, -0.05) is 6.07 Å². The maximum Gasteiger partial charge on any atom is 0.251 e. The summed E-state index contributed by atoms with van der Waals surface area (Å²) in [5.41, 5.74) is 3.37. The van der Waals surface area contributed by atoms with Gasteiger partial charge in [0.1, 0.15) is 0 Å². The molecule has 19 heavy (non-hydrogen) atoms. The number of rotatable bonds is 4. The van der Waals surface area contributed by atoms with Gasteiger partial charge in [-0.15, -0.1) is 0 Å². The lowest BCUT2D eigenvalue weighted by Crippen LogP contribution is -2.19. The predicted octanol–water partition coefficient (Wildman–Crippen LogP) is 1.76. The number of hydrogen-bond acceptors (Lipinski definition) is 4. The Balaban J connectivity index is 2.15. The SMILES string of the molecule is CNC(=O)c1cccc(NCc2cnccn2)c1C. The van der Waals surface area contributed by atoms with E-state index in [1.54, 1.807) is 25.6 Å². The highest BCUT2D eigenvalue weighted by Gasteiger charge is 2.09. The fraction of sp³-hybridized carbons (Fsp3) is 0.214. The van der Waals surface area contributed by atoms with Crippen LogP contribution in [0.15, 0.2) is 36.8 Å². The Bertz CT molecular complexity index is 569. The van der Waals surface area contributed by atoms with E-state index < -0.39 is 0 Å². The van der Waals surface area contributed by atoms with Crippen molar-refractivity contribution in [2.75, 3.05) is 12.4 Å². The minimum atomic E-state index is -0.0827. The van der Waals surface area contributed by atoms with E-state index in [0.29, 0.717) is 12.1 Å². The average molecular weight is 256 g/mol. The van der Waals surface area contributed by atoms with Gasteiger partial charge < -0.3 is 10.6 Å². The molecule has 0 saturated carbocycles. The van der Waals surface area contributed by atoms with Gasteiger partial charge in [-0.25, -0.2) is 0 Å². The lowest BCUT2D eigenvalue weighted by Gasteiger charge is -2.12. The standard InChI is InChI=1S/C14H16N4O/c1-10-12(14(19)15-2)4-3-5-13(10)18-9-11-8-16-6-7-17-11/h3-8,18H,9H2,1-2H3,(H,15,19). The molecule has 5 nitrogen and oxygen atoms in total. The minimum Gasteiger partial charge on any atom is -0.379 e. The van der Waals surface area contributed by atoms with Crippen LogP contribution in [0.2, 0.25) is 0 Å². The highest BCUT2D eigenvalue weighted by molar-refractivity contribution is 5.96. The number of carbonyl (C=O) groups excluding carboxylic acids is 1. The van der Waals surface area contributed by atoms with Crippen molar-refractivity contribution in [2.24, 2.45) is 0 Å². The Kier molecular flexibility index (Phi) is 4.07. The maximum atomic E-state index is 11.7. The van der Waals surface area contributed by atoms with Crippen molar-refractivity contribution in [1.29, 1.82) is 0 Å². The quantitative estimate of drug-likeness (QED) is 0.874. The van der Waals surface area contributed by atoms with Crippen molar-refractivity contribution in [3.8, 4) is 0 Å². The third-order valence-corrected chi connectivity index (χ3v) is 2.88. The van der Waals surface area contributed by atoms with E-state index >= 15 is 0 Å². The molecule has 0 spiro atoms. The molecule has 1 aromatic carbocycles. The summed E-state index contributed by atoms with van der Waals surface area (Å²) >= 11 is 0. The molecule has 2 rings (SSSR count). The Labute approximate surface area is 112 Å². The minimum absolute atomic E-state index is 0.0827. The van der Waals surface area contributed by atoms with E-state index in [-0.39, 0.29) is 5.91 Å². The second kappa shape index (κ2) is 5.95. The molecule has 0 fully saturated rings. The predicted molar refractivity (Wildman–Crippen MR) is 73.9 cm³/mol. The first kappa shape index (κ1) is 13.0. The Morgan fingerprint density at radius 3 is 2.84 bits per heavy atom. The fourth-order valence-corrected chi connectivity index (χ4v) is 1.81. The second-order valence-electron chi connectivity index (χ2n) is 4.11. The molecule has 1 heterocycles. The van der Waals surface area contributed by atoms with E-state index in [1.807, 2.05) is 25.1 Å². The van der Waals surface area contributed by atoms with E-state index in [1.165, 1.54) is 0 Å². The van der Waals surface area contributed by atoms with Crippen molar-refractivity contribution < 1.29 is 4.79 Å². The van der Waals surface area contributed by atoms with Crippen LogP contribution >= 0.6 is 0 Å². The van der Waals surface area contributed by atoms with Gasteiger partial charge in [0.2, 0.25) is 0 Å². The molecular formula is C14H16N4O. The molecule has 1 amide bonds. The lowest BCUT2D eigenvalue weighted by molar-refractivity contribution is 0.0962. The summed E-state index contributed by atoms with van der Waals surface area (Å²) < 4.78 is 0. The van der Waals surface area contributed by atoms with Crippen LogP contribution in [-0.4, -0.2) is 22.9 Å². The third kappa shape index (κ3) is 3.07.